The highest BCUT2D eigenvalue weighted by Gasteiger charge is 2.32. The second kappa shape index (κ2) is 4.67. The highest BCUT2D eigenvalue weighted by molar-refractivity contribution is 5.08. The third-order valence-electron chi connectivity index (χ3n) is 3.71. The van der Waals surface area contributed by atoms with E-state index in [1.165, 1.54) is 18.4 Å². The molecule has 0 amide bonds. The van der Waals surface area contributed by atoms with Gasteiger partial charge < -0.3 is 10.5 Å². The van der Waals surface area contributed by atoms with E-state index in [-0.39, 0.29) is 6.04 Å². The third-order valence-corrected chi connectivity index (χ3v) is 3.71. The molecule has 2 rings (SSSR count). The van der Waals surface area contributed by atoms with Crippen LogP contribution in [0.5, 0.6) is 0 Å². The predicted molar refractivity (Wildman–Crippen MR) is 62.6 cm³/mol. The first kappa shape index (κ1) is 11.2. The van der Waals surface area contributed by atoms with Crippen LogP contribution in [0.2, 0.25) is 0 Å². The first-order chi connectivity index (χ1) is 7.16. The number of ether oxygens (including phenoxy) is 1. The molecule has 4 atom stereocenters. The summed E-state index contributed by atoms with van der Waals surface area (Å²) in [7, 11) is 0. The van der Waals surface area contributed by atoms with Crippen molar-refractivity contribution < 1.29 is 4.74 Å². The van der Waals surface area contributed by atoms with E-state index >= 15 is 0 Å². The van der Waals surface area contributed by atoms with Gasteiger partial charge in [0.25, 0.3) is 0 Å². The molecule has 15 heavy (non-hydrogen) atoms. The van der Waals surface area contributed by atoms with Crippen LogP contribution in [0.3, 0.4) is 0 Å². The average Bonchev–Trinajstić information content (AvgIpc) is 2.16. The molecule has 1 aliphatic heterocycles. The number of hydrogen-bond donors (Lipinski definition) is 1. The number of rotatable bonds is 1. The maximum absolute atomic E-state index is 6.16. The molecule has 0 aromatic heterocycles. The molecule has 0 aromatic rings. The fourth-order valence-corrected chi connectivity index (χ4v) is 3.16. The van der Waals surface area contributed by atoms with Gasteiger partial charge in [0.15, 0.2) is 0 Å². The van der Waals surface area contributed by atoms with Crippen LogP contribution in [0.15, 0.2) is 11.6 Å². The van der Waals surface area contributed by atoms with Gasteiger partial charge in [0.2, 0.25) is 0 Å². The molecular formula is C13H23NO. The van der Waals surface area contributed by atoms with E-state index in [2.05, 4.69) is 19.9 Å². The molecular weight excluding hydrogens is 186 g/mol. The Bertz CT molecular complexity index is 249. The molecule has 2 aliphatic rings. The second-order valence-electron chi connectivity index (χ2n) is 5.33. The smallest absolute Gasteiger partial charge is 0.0757 e. The van der Waals surface area contributed by atoms with E-state index in [0.717, 1.165) is 19.4 Å². The molecule has 2 N–H and O–H groups in total. The van der Waals surface area contributed by atoms with Crippen molar-refractivity contribution in [1.82, 2.24) is 0 Å². The SMILES string of the molecule is CC1=CC(C)CC(C2OCCCC2N)C1. The second-order valence-corrected chi connectivity index (χ2v) is 5.33. The summed E-state index contributed by atoms with van der Waals surface area (Å²) in [5.41, 5.74) is 7.67. The summed E-state index contributed by atoms with van der Waals surface area (Å²) in [6.07, 6.45) is 7.40. The van der Waals surface area contributed by atoms with Gasteiger partial charge >= 0.3 is 0 Å². The van der Waals surface area contributed by atoms with Gasteiger partial charge in [-0.25, -0.2) is 0 Å². The molecule has 1 heterocycles. The van der Waals surface area contributed by atoms with Crippen molar-refractivity contribution in [3.8, 4) is 0 Å². The third kappa shape index (κ3) is 2.61. The van der Waals surface area contributed by atoms with Crippen LogP contribution in [0, 0.1) is 11.8 Å². The van der Waals surface area contributed by atoms with Crippen LogP contribution >= 0.6 is 0 Å². The fourth-order valence-electron chi connectivity index (χ4n) is 3.16. The Morgan fingerprint density at radius 3 is 2.93 bits per heavy atom. The zero-order chi connectivity index (χ0) is 10.8. The zero-order valence-electron chi connectivity index (χ0n) is 9.91. The Hall–Kier alpha value is -0.340. The normalized spacial score (nSPS) is 42.5. The number of nitrogens with two attached hydrogens (primary N) is 1. The number of allylic oxidation sites excluding steroid dienone is 2. The quantitative estimate of drug-likeness (QED) is 0.673. The van der Waals surface area contributed by atoms with Crippen LogP contribution in [0.25, 0.3) is 0 Å². The zero-order valence-corrected chi connectivity index (χ0v) is 9.91. The van der Waals surface area contributed by atoms with Gasteiger partial charge in [-0.05, 0) is 44.4 Å². The van der Waals surface area contributed by atoms with Crippen LogP contribution in [-0.2, 0) is 4.74 Å². The van der Waals surface area contributed by atoms with Crippen molar-refractivity contribution in [2.75, 3.05) is 6.61 Å². The first-order valence-corrected chi connectivity index (χ1v) is 6.21. The van der Waals surface area contributed by atoms with Crippen molar-refractivity contribution in [2.45, 2.75) is 51.7 Å². The Morgan fingerprint density at radius 1 is 1.47 bits per heavy atom. The maximum Gasteiger partial charge on any atom is 0.0757 e. The minimum atomic E-state index is 0.266. The average molecular weight is 209 g/mol. The Morgan fingerprint density at radius 2 is 2.27 bits per heavy atom. The van der Waals surface area contributed by atoms with Crippen molar-refractivity contribution in [2.24, 2.45) is 17.6 Å². The lowest BCUT2D eigenvalue weighted by molar-refractivity contribution is -0.0398. The molecule has 2 heteroatoms. The lowest BCUT2D eigenvalue weighted by Crippen LogP contribution is -2.46. The molecule has 1 saturated heterocycles. The van der Waals surface area contributed by atoms with E-state index in [1.54, 1.807) is 0 Å². The summed E-state index contributed by atoms with van der Waals surface area (Å²) >= 11 is 0. The van der Waals surface area contributed by atoms with Crippen molar-refractivity contribution in [3.05, 3.63) is 11.6 Å². The van der Waals surface area contributed by atoms with Crippen molar-refractivity contribution in [3.63, 3.8) is 0 Å². The van der Waals surface area contributed by atoms with Crippen LogP contribution in [0.1, 0.15) is 39.5 Å². The molecule has 1 fully saturated rings. The van der Waals surface area contributed by atoms with Crippen molar-refractivity contribution >= 4 is 0 Å². The van der Waals surface area contributed by atoms with E-state index in [1.807, 2.05) is 0 Å². The standard InChI is InChI=1S/C13H23NO/c1-9-6-10(2)8-11(7-9)13-12(14)4-3-5-15-13/h6,9,11-13H,3-5,7-8,14H2,1-2H3. The molecule has 0 saturated carbocycles. The molecule has 0 aromatic carbocycles. The summed E-state index contributed by atoms with van der Waals surface area (Å²) in [5.74, 6) is 1.35. The summed E-state index contributed by atoms with van der Waals surface area (Å²) < 4.78 is 5.87. The fraction of sp³-hybridized carbons (Fsp3) is 0.846. The monoisotopic (exact) mass is 209 g/mol. The maximum atomic E-state index is 6.16. The minimum Gasteiger partial charge on any atom is -0.376 e. The van der Waals surface area contributed by atoms with E-state index in [0.29, 0.717) is 17.9 Å². The van der Waals surface area contributed by atoms with Gasteiger partial charge in [0.1, 0.15) is 0 Å². The Labute approximate surface area is 92.9 Å². The van der Waals surface area contributed by atoms with Gasteiger partial charge in [-0.3, -0.25) is 0 Å². The lowest BCUT2D eigenvalue weighted by atomic mass is 9.77. The van der Waals surface area contributed by atoms with E-state index < -0.39 is 0 Å². The van der Waals surface area contributed by atoms with E-state index in [4.69, 9.17) is 10.5 Å². The first-order valence-electron chi connectivity index (χ1n) is 6.21. The highest BCUT2D eigenvalue weighted by Crippen LogP contribution is 2.34. The minimum absolute atomic E-state index is 0.266. The topological polar surface area (TPSA) is 35.2 Å². The van der Waals surface area contributed by atoms with Crippen LogP contribution in [-0.4, -0.2) is 18.8 Å². The van der Waals surface area contributed by atoms with Crippen LogP contribution < -0.4 is 5.73 Å². The van der Waals surface area contributed by atoms with Gasteiger partial charge in [-0.15, -0.1) is 0 Å². The highest BCUT2D eigenvalue weighted by atomic mass is 16.5. The summed E-state index contributed by atoms with van der Waals surface area (Å²) in [4.78, 5) is 0. The van der Waals surface area contributed by atoms with Gasteiger partial charge in [0, 0.05) is 12.6 Å². The van der Waals surface area contributed by atoms with E-state index in [9.17, 15) is 0 Å². The molecule has 4 unspecified atom stereocenters. The largest absolute Gasteiger partial charge is 0.376 e. The number of hydrogen-bond acceptors (Lipinski definition) is 2. The molecule has 86 valence electrons. The molecule has 0 bridgehead atoms. The lowest BCUT2D eigenvalue weighted by Gasteiger charge is -2.38. The van der Waals surface area contributed by atoms with Crippen LogP contribution in [0.4, 0.5) is 0 Å². The van der Waals surface area contributed by atoms with Gasteiger partial charge in [-0.1, -0.05) is 18.6 Å². The summed E-state index contributed by atoms with van der Waals surface area (Å²) in [5, 5.41) is 0. The molecule has 0 spiro atoms. The van der Waals surface area contributed by atoms with Crippen molar-refractivity contribution in [1.29, 1.82) is 0 Å². The Balaban J connectivity index is 2.01. The van der Waals surface area contributed by atoms with Gasteiger partial charge in [0.05, 0.1) is 6.10 Å². The summed E-state index contributed by atoms with van der Waals surface area (Å²) in [6.45, 7) is 5.44. The molecule has 2 nitrogen and oxygen atoms in total. The summed E-state index contributed by atoms with van der Waals surface area (Å²) in [6, 6.07) is 0.266. The molecule has 0 radical (unpaired) electrons. The Kier molecular flexibility index (Phi) is 3.47. The molecule has 1 aliphatic carbocycles. The van der Waals surface area contributed by atoms with Gasteiger partial charge in [-0.2, -0.15) is 0 Å². The predicted octanol–water partition coefficient (Wildman–Crippen LogP) is 2.49.